The number of hydrogen-bond acceptors (Lipinski definition) is 8. The van der Waals surface area contributed by atoms with Crippen LogP contribution in [0.4, 0.5) is 0 Å². The Morgan fingerprint density at radius 3 is 0.821 bits per heavy atom. The quantitative estimate of drug-likeness (QED) is 0.142. The van der Waals surface area contributed by atoms with Crippen LogP contribution in [0.5, 0.6) is 0 Å². The fourth-order valence-electron chi connectivity index (χ4n) is 2.22. The Morgan fingerprint density at radius 2 is 0.607 bits per heavy atom. The average Bonchev–Trinajstić information content (AvgIpc) is 2.46. The molecule has 0 aliphatic rings. The number of carboxylic acid groups (broad SMARTS) is 5. The first-order valence-electron chi connectivity index (χ1n) is 7.75. The minimum absolute atomic E-state index is 0. The zero-order chi connectivity index (χ0) is 21.0. The third-order valence-electron chi connectivity index (χ3n) is 3.26. The second-order valence-corrected chi connectivity index (χ2v) is 5.67. The molecule has 5 N–H and O–H groups in total. The summed E-state index contributed by atoms with van der Waals surface area (Å²) in [6, 6.07) is 0. The maximum absolute atomic E-state index is 11.0. The van der Waals surface area contributed by atoms with Gasteiger partial charge in [0, 0.05) is 26.2 Å². The van der Waals surface area contributed by atoms with Gasteiger partial charge in [-0.05, 0) is 0 Å². The van der Waals surface area contributed by atoms with Crippen molar-refractivity contribution in [2.75, 3.05) is 58.9 Å². The summed E-state index contributed by atoms with van der Waals surface area (Å²) in [6.45, 7) is -2.74. The molecule has 28 heavy (non-hydrogen) atoms. The molecule has 0 bridgehead atoms. The van der Waals surface area contributed by atoms with Gasteiger partial charge >= 0.3 is 55.7 Å². The molecule has 0 atom stereocenters. The van der Waals surface area contributed by atoms with Crippen molar-refractivity contribution >= 4 is 55.7 Å². The summed E-state index contributed by atoms with van der Waals surface area (Å²) in [5, 5.41) is 44.1. The third kappa shape index (κ3) is 16.3. The van der Waals surface area contributed by atoms with E-state index in [0.29, 0.717) is 0 Å². The Kier molecular flexibility index (Phi) is 15.2. The maximum Gasteiger partial charge on any atom is 3.00 e. The molecule has 0 saturated heterocycles. The molecule has 0 fully saturated rings. The van der Waals surface area contributed by atoms with Crippen LogP contribution in [0, 0.1) is 0 Å². The normalized spacial score (nSPS) is 10.7. The van der Waals surface area contributed by atoms with E-state index in [4.69, 9.17) is 25.5 Å². The van der Waals surface area contributed by atoms with Crippen molar-refractivity contribution in [1.82, 2.24) is 14.7 Å². The Hall–Kier alpha value is -1.90. The number of aliphatic carboxylic acids is 5. The summed E-state index contributed by atoms with van der Waals surface area (Å²) >= 11 is 0. The van der Waals surface area contributed by atoms with Crippen molar-refractivity contribution in [3.8, 4) is 0 Å². The van der Waals surface area contributed by atoms with Crippen LogP contribution in [-0.4, -0.2) is 155 Å². The molecule has 0 aromatic heterocycles. The van der Waals surface area contributed by atoms with Crippen LogP contribution in [-0.2, 0) is 24.0 Å². The molecule has 0 aromatic rings. The molecule has 0 heterocycles. The van der Waals surface area contributed by atoms with Crippen LogP contribution in [0.2, 0.25) is 0 Å². The van der Waals surface area contributed by atoms with E-state index in [2.05, 4.69) is 0 Å². The summed E-state index contributed by atoms with van der Waals surface area (Å²) in [4.78, 5) is 57.6. The summed E-state index contributed by atoms with van der Waals surface area (Å²) in [5.41, 5.74) is 0. The molecule has 154 valence electrons. The largest absolute Gasteiger partial charge is 3.00 e. The molecule has 0 rings (SSSR count). The van der Waals surface area contributed by atoms with Crippen molar-refractivity contribution in [3.63, 3.8) is 0 Å². The Morgan fingerprint density at radius 1 is 0.429 bits per heavy atom. The predicted octanol–water partition coefficient (Wildman–Crippen LogP) is -3.07. The molecule has 0 aromatic carbocycles. The summed E-state index contributed by atoms with van der Waals surface area (Å²) in [6.07, 6.45) is 0. The monoisotopic (exact) mass is 504 g/mol. The van der Waals surface area contributed by atoms with Crippen LogP contribution in [0.3, 0.4) is 0 Å². The Labute approximate surface area is 178 Å². The summed E-state index contributed by atoms with van der Waals surface area (Å²) < 4.78 is 0. The number of hydrogen-bond donors (Lipinski definition) is 5. The van der Waals surface area contributed by atoms with Gasteiger partial charge in [-0.1, -0.05) is 0 Å². The predicted molar refractivity (Wildman–Crippen MR) is 93.3 cm³/mol. The number of carboxylic acids is 5. The molecule has 0 amide bonds. The molecule has 0 aliphatic carbocycles. The van der Waals surface area contributed by atoms with Gasteiger partial charge in [-0.15, -0.1) is 0 Å². The molecule has 0 unspecified atom stereocenters. The van der Waals surface area contributed by atoms with Crippen molar-refractivity contribution in [1.29, 1.82) is 0 Å². The van der Waals surface area contributed by atoms with E-state index >= 15 is 0 Å². The smallest absolute Gasteiger partial charge is 0.480 e. The van der Waals surface area contributed by atoms with Crippen molar-refractivity contribution in [3.05, 3.63) is 0 Å². The second kappa shape index (κ2) is 15.1. The van der Waals surface area contributed by atoms with Crippen LogP contribution in [0.25, 0.3) is 0 Å². The van der Waals surface area contributed by atoms with E-state index in [-0.39, 0.29) is 52.0 Å². The van der Waals surface area contributed by atoms with E-state index in [9.17, 15) is 24.0 Å². The topological polar surface area (TPSA) is 196 Å². The molecule has 0 aliphatic heterocycles. The Balaban J connectivity index is 0. The standard InChI is InChI=1S/C14H23N3O10.In/c18-10(19)5-15(1-3-16(6-11(20)21)7-12(22)23)2-4-17(8-13(24)25)9-14(26)27;/h1-9H2,(H,18,19)(H,20,21)(H,22,23)(H,24,25)(H,26,27);/q;+3/i;1-4. The molecule has 13 nitrogen and oxygen atoms in total. The van der Waals surface area contributed by atoms with Crippen LogP contribution >= 0.6 is 0 Å². The SMILES string of the molecule is O=C(O)CN(CCN(CC(=O)O)CC(=O)O)CCN(CC(=O)O)CC(=O)O.[111In+3]. The van der Waals surface area contributed by atoms with E-state index in [1.165, 1.54) is 4.90 Å². The number of rotatable bonds is 16. The first kappa shape index (κ1) is 28.3. The van der Waals surface area contributed by atoms with E-state index < -0.39 is 62.6 Å². The zero-order valence-electron chi connectivity index (χ0n) is 15.1. The Bertz CT molecular complexity index is 487. The maximum atomic E-state index is 11.0. The van der Waals surface area contributed by atoms with Gasteiger partial charge in [-0.3, -0.25) is 38.7 Å². The molecule has 0 radical (unpaired) electrons. The van der Waals surface area contributed by atoms with Gasteiger partial charge in [0.15, 0.2) is 0 Å². The van der Waals surface area contributed by atoms with Gasteiger partial charge in [0.2, 0.25) is 0 Å². The van der Waals surface area contributed by atoms with Gasteiger partial charge in [0.1, 0.15) is 0 Å². The van der Waals surface area contributed by atoms with Crippen LogP contribution in [0.15, 0.2) is 0 Å². The van der Waals surface area contributed by atoms with Crippen molar-refractivity contribution in [2.45, 2.75) is 0 Å². The van der Waals surface area contributed by atoms with Crippen LogP contribution in [0.1, 0.15) is 0 Å². The van der Waals surface area contributed by atoms with E-state index in [1.54, 1.807) is 0 Å². The molecular weight excluding hydrogens is 481 g/mol. The van der Waals surface area contributed by atoms with Crippen LogP contribution < -0.4 is 0 Å². The molecule has 0 saturated carbocycles. The van der Waals surface area contributed by atoms with E-state index in [0.717, 1.165) is 9.80 Å². The minimum atomic E-state index is -1.24. The van der Waals surface area contributed by atoms with Gasteiger partial charge < -0.3 is 25.5 Å². The van der Waals surface area contributed by atoms with E-state index in [1.807, 2.05) is 0 Å². The number of carbonyl (C=O) groups is 5. The van der Waals surface area contributed by atoms with Crippen molar-refractivity contribution < 1.29 is 49.5 Å². The zero-order valence-corrected chi connectivity index (χ0v) is 18.4. The second-order valence-electron chi connectivity index (χ2n) is 5.67. The fraction of sp³-hybridized carbons (Fsp3) is 0.643. The number of nitrogens with zero attached hydrogens (tertiary/aromatic N) is 3. The summed E-state index contributed by atoms with van der Waals surface area (Å²) in [7, 11) is 0. The van der Waals surface area contributed by atoms with Gasteiger partial charge in [0.05, 0.1) is 32.7 Å². The van der Waals surface area contributed by atoms with Crippen molar-refractivity contribution in [2.24, 2.45) is 0 Å². The van der Waals surface area contributed by atoms with Gasteiger partial charge in [-0.25, -0.2) is 0 Å². The third-order valence-corrected chi connectivity index (χ3v) is 3.26. The fourth-order valence-corrected chi connectivity index (χ4v) is 2.22. The van der Waals surface area contributed by atoms with Gasteiger partial charge in [0.25, 0.3) is 0 Å². The average molecular weight is 504 g/mol. The minimum Gasteiger partial charge on any atom is -0.480 e. The molecule has 14 heteroatoms. The first-order chi connectivity index (χ1) is 12.5. The van der Waals surface area contributed by atoms with Gasteiger partial charge in [-0.2, -0.15) is 0 Å². The first-order valence-corrected chi connectivity index (χ1v) is 7.75. The molecular formula is C14H23InN3O10+3. The molecule has 0 spiro atoms. The summed E-state index contributed by atoms with van der Waals surface area (Å²) in [5.74, 6) is -6.16.